The summed E-state index contributed by atoms with van der Waals surface area (Å²) in [7, 11) is 0. The lowest BCUT2D eigenvalue weighted by molar-refractivity contribution is 0.670. The van der Waals surface area contributed by atoms with Crippen LogP contribution in [0.3, 0.4) is 0 Å². The van der Waals surface area contributed by atoms with E-state index < -0.39 is 0 Å². The van der Waals surface area contributed by atoms with E-state index in [2.05, 4.69) is 265 Å². The number of rotatable bonds is 8. The number of aromatic nitrogens is 1. The minimum atomic E-state index is 0.883. The largest absolute Gasteiger partial charge is 0.455 e. The number of furan rings is 1. The van der Waals surface area contributed by atoms with Crippen molar-refractivity contribution in [3.8, 4) is 83.6 Å². The average Bonchev–Trinajstić information content (AvgIpc) is 3.97. The number of fused-ring (bicyclic) bond motifs is 6. The predicted molar refractivity (Wildman–Crippen MR) is 286 cm³/mol. The van der Waals surface area contributed by atoms with Crippen molar-refractivity contribution in [3.63, 3.8) is 0 Å². The summed E-state index contributed by atoms with van der Waals surface area (Å²) in [5.41, 5.74) is 21.9. The molecule has 0 fully saturated rings. The Hall–Kier alpha value is -8.98. The molecule has 0 aliphatic carbocycles. The Bertz CT molecular complexity index is 3910. The predicted octanol–water partition coefficient (Wildman–Crippen LogP) is 18.4. The third kappa shape index (κ3) is 6.99. The van der Waals surface area contributed by atoms with Crippen molar-refractivity contribution in [2.75, 3.05) is 0 Å². The molecule has 13 rings (SSSR count). The minimum absolute atomic E-state index is 0.883. The first kappa shape index (κ1) is 39.4. The fourth-order valence-electron chi connectivity index (χ4n) is 10.1. The Kier molecular flexibility index (Phi) is 9.54. The number of nitrogens with zero attached hydrogens (tertiary/aromatic N) is 1. The van der Waals surface area contributed by atoms with E-state index in [1.54, 1.807) is 0 Å². The van der Waals surface area contributed by atoms with E-state index in [9.17, 15) is 0 Å². The van der Waals surface area contributed by atoms with Crippen LogP contribution in [0.5, 0.6) is 0 Å². The average molecular weight is 866 g/mol. The summed E-state index contributed by atoms with van der Waals surface area (Å²) in [6.45, 7) is 0. The van der Waals surface area contributed by atoms with E-state index in [-0.39, 0.29) is 0 Å². The van der Waals surface area contributed by atoms with Crippen LogP contribution < -0.4 is 0 Å². The first-order valence-corrected chi connectivity index (χ1v) is 23.3. The lowest BCUT2D eigenvalue weighted by Gasteiger charge is -2.10. The maximum atomic E-state index is 6.70. The van der Waals surface area contributed by atoms with Gasteiger partial charge in [0.1, 0.15) is 11.2 Å². The standard InChI is InChI=1S/C66H43NO/c1-2-11-44(12-3-1)45-23-25-46(26-24-45)47-27-29-48(30-28-47)49-31-33-50(34-32-49)51-35-37-52(38-36-51)53-13-8-14-54(41-53)55-39-40-65-62(43-55)61-20-10-19-58(66(61)68-65)56-15-9-16-57(42-56)67-63-21-6-4-17-59(63)60-18-5-7-22-64(60)67/h1-43H. The summed E-state index contributed by atoms with van der Waals surface area (Å²) in [6, 6.07) is 94.1. The maximum Gasteiger partial charge on any atom is 0.143 e. The Labute approximate surface area is 395 Å². The van der Waals surface area contributed by atoms with Crippen LogP contribution in [0, 0.1) is 0 Å². The smallest absolute Gasteiger partial charge is 0.143 e. The molecule has 0 saturated carbocycles. The molecule has 0 bridgehead atoms. The van der Waals surface area contributed by atoms with Crippen LogP contribution in [-0.2, 0) is 0 Å². The summed E-state index contributed by atoms with van der Waals surface area (Å²) >= 11 is 0. The van der Waals surface area contributed by atoms with E-state index in [0.717, 1.165) is 44.3 Å². The van der Waals surface area contributed by atoms with Crippen LogP contribution in [0.2, 0.25) is 0 Å². The normalized spacial score (nSPS) is 11.5. The van der Waals surface area contributed by atoms with Gasteiger partial charge in [0.25, 0.3) is 0 Å². The zero-order chi connectivity index (χ0) is 45.0. The molecule has 0 radical (unpaired) electrons. The van der Waals surface area contributed by atoms with Crippen LogP contribution in [0.1, 0.15) is 0 Å². The van der Waals surface area contributed by atoms with Gasteiger partial charge in [0.05, 0.1) is 11.0 Å². The molecule has 0 amide bonds. The third-order valence-corrected chi connectivity index (χ3v) is 13.7. The van der Waals surface area contributed by atoms with Gasteiger partial charge in [-0.05, 0) is 115 Å². The van der Waals surface area contributed by atoms with Gasteiger partial charge in [-0.1, -0.05) is 218 Å². The van der Waals surface area contributed by atoms with Gasteiger partial charge in [-0.25, -0.2) is 0 Å². The van der Waals surface area contributed by atoms with Crippen LogP contribution in [0.15, 0.2) is 265 Å². The zero-order valence-corrected chi connectivity index (χ0v) is 37.2. The van der Waals surface area contributed by atoms with Crippen molar-refractivity contribution in [1.29, 1.82) is 0 Å². The van der Waals surface area contributed by atoms with Gasteiger partial charge in [-0.3, -0.25) is 0 Å². The molecule has 2 heteroatoms. The van der Waals surface area contributed by atoms with Gasteiger partial charge >= 0.3 is 0 Å². The number of benzene rings is 11. The van der Waals surface area contributed by atoms with Crippen molar-refractivity contribution < 1.29 is 4.42 Å². The molecule has 13 aromatic rings. The summed E-state index contributed by atoms with van der Waals surface area (Å²) in [5.74, 6) is 0. The van der Waals surface area contributed by atoms with Crippen molar-refractivity contribution in [2.45, 2.75) is 0 Å². The van der Waals surface area contributed by atoms with E-state index in [0.29, 0.717) is 0 Å². The second-order valence-corrected chi connectivity index (χ2v) is 17.7. The summed E-state index contributed by atoms with van der Waals surface area (Å²) < 4.78 is 9.07. The molecular weight excluding hydrogens is 823 g/mol. The Morgan fingerprint density at radius 2 is 0.618 bits per heavy atom. The van der Waals surface area contributed by atoms with Gasteiger partial charge in [-0.15, -0.1) is 0 Å². The van der Waals surface area contributed by atoms with E-state index in [1.165, 1.54) is 83.0 Å². The molecule has 0 aliphatic heterocycles. The SMILES string of the molecule is c1ccc(-c2ccc(-c3ccc(-c4ccc(-c5ccc(-c6cccc(-c7ccc8oc9c(-c%10cccc(-n%11c%12ccccc%12c%12ccccc%12%11)c%10)cccc9c8c7)c6)cc5)cc4)cc3)cc2)cc1. The molecule has 0 N–H and O–H groups in total. The second-order valence-electron chi connectivity index (χ2n) is 17.7. The van der Waals surface area contributed by atoms with Crippen molar-refractivity contribution in [2.24, 2.45) is 0 Å². The highest BCUT2D eigenvalue weighted by atomic mass is 16.3. The molecule has 68 heavy (non-hydrogen) atoms. The number of hydrogen-bond acceptors (Lipinski definition) is 1. The van der Waals surface area contributed by atoms with E-state index >= 15 is 0 Å². The molecule has 2 heterocycles. The minimum Gasteiger partial charge on any atom is -0.455 e. The molecule has 0 spiro atoms. The first-order chi connectivity index (χ1) is 33.7. The topological polar surface area (TPSA) is 18.1 Å². The maximum absolute atomic E-state index is 6.70. The quantitative estimate of drug-likeness (QED) is 0.149. The van der Waals surface area contributed by atoms with Crippen molar-refractivity contribution >= 4 is 43.7 Å². The Morgan fingerprint density at radius 1 is 0.235 bits per heavy atom. The summed E-state index contributed by atoms with van der Waals surface area (Å²) in [4.78, 5) is 0. The van der Waals surface area contributed by atoms with Crippen molar-refractivity contribution in [1.82, 2.24) is 4.57 Å². The fourth-order valence-corrected chi connectivity index (χ4v) is 10.1. The van der Waals surface area contributed by atoms with Gasteiger partial charge in [0, 0.05) is 32.8 Å². The number of hydrogen-bond donors (Lipinski definition) is 0. The zero-order valence-electron chi connectivity index (χ0n) is 37.2. The lowest BCUT2D eigenvalue weighted by Crippen LogP contribution is -1.94. The molecular formula is C66H43NO. The third-order valence-electron chi connectivity index (χ3n) is 13.7. The Morgan fingerprint density at radius 3 is 1.18 bits per heavy atom. The molecule has 2 nitrogen and oxygen atoms in total. The van der Waals surface area contributed by atoms with Gasteiger partial charge in [0.2, 0.25) is 0 Å². The van der Waals surface area contributed by atoms with Crippen LogP contribution >= 0.6 is 0 Å². The molecule has 11 aromatic carbocycles. The lowest BCUT2D eigenvalue weighted by atomic mass is 9.95. The molecule has 0 atom stereocenters. The summed E-state index contributed by atoms with van der Waals surface area (Å²) in [6.07, 6.45) is 0. The summed E-state index contributed by atoms with van der Waals surface area (Å²) in [5, 5.41) is 4.73. The molecule has 0 aliphatic rings. The monoisotopic (exact) mass is 865 g/mol. The van der Waals surface area contributed by atoms with Gasteiger partial charge in [0.15, 0.2) is 0 Å². The van der Waals surface area contributed by atoms with E-state index in [1.807, 2.05) is 0 Å². The van der Waals surface area contributed by atoms with Crippen LogP contribution in [-0.4, -0.2) is 4.57 Å². The fraction of sp³-hybridized carbons (Fsp3) is 0. The highest BCUT2D eigenvalue weighted by Gasteiger charge is 2.16. The second kappa shape index (κ2) is 16.5. The Balaban J connectivity index is 0.738. The highest BCUT2D eigenvalue weighted by molar-refractivity contribution is 6.11. The van der Waals surface area contributed by atoms with Crippen LogP contribution in [0.4, 0.5) is 0 Å². The van der Waals surface area contributed by atoms with Gasteiger partial charge < -0.3 is 8.98 Å². The molecule has 318 valence electrons. The number of para-hydroxylation sites is 3. The van der Waals surface area contributed by atoms with E-state index in [4.69, 9.17) is 4.42 Å². The highest BCUT2D eigenvalue weighted by Crippen LogP contribution is 2.40. The van der Waals surface area contributed by atoms with Crippen molar-refractivity contribution in [3.05, 3.63) is 261 Å². The molecule has 0 unspecified atom stereocenters. The van der Waals surface area contributed by atoms with Gasteiger partial charge in [-0.2, -0.15) is 0 Å². The van der Waals surface area contributed by atoms with Crippen LogP contribution in [0.25, 0.3) is 127 Å². The molecule has 0 saturated heterocycles. The first-order valence-electron chi connectivity index (χ1n) is 23.3. The molecule has 2 aromatic heterocycles.